The first kappa shape index (κ1) is 16.2. The summed E-state index contributed by atoms with van der Waals surface area (Å²) in [5.74, 6) is -0.424. The van der Waals surface area contributed by atoms with Gasteiger partial charge in [-0.25, -0.2) is 9.18 Å². The fraction of sp³-hybridized carbons (Fsp3) is 0.294. The lowest BCUT2D eigenvalue weighted by Gasteiger charge is -2.13. The van der Waals surface area contributed by atoms with Crippen molar-refractivity contribution in [3.8, 4) is 0 Å². The van der Waals surface area contributed by atoms with Gasteiger partial charge in [-0.3, -0.25) is 4.98 Å². The van der Waals surface area contributed by atoms with Crippen molar-refractivity contribution in [3.63, 3.8) is 0 Å². The maximum Gasteiger partial charge on any atom is 0.323 e. The Morgan fingerprint density at radius 1 is 1.29 bits per heavy atom. The minimum absolute atomic E-state index is 0.132. The van der Waals surface area contributed by atoms with E-state index in [0.29, 0.717) is 23.6 Å². The van der Waals surface area contributed by atoms with E-state index in [-0.39, 0.29) is 6.10 Å². The minimum atomic E-state index is -0.456. The summed E-state index contributed by atoms with van der Waals surface area (Å²) in [6.07, 6.45) is 5.30. The molecule has 126 valence electrons. The number of aromatic nitrogens is 1. The average molecular weight is 330 g/mol. The molecule has 24 heavy (non-hydrogen) atoms. The SMILES string of the molecule is O=C(Nc1cccnc1)Nc1ccc(NCC2CCCO2)c(F)c1. The molecule has 0 spiro atoms. The van der Waals surface area contributed by atoms with Crippen molar-refractivity contribution < 1.29 is 13.9 Å². The first-order valence-corrected chi connectivity index (χ1v) is 7.84. The summed E-state index contributed by atoms with van der Waals surface area (Å²) in [7, 11) is 0. The van der Waals surface area contributed by atoms with E-state index in [4.69, 9.17) is 4.74 Å². The lowest BCUT2D eigenvalue weighted by atomic mass is 10.2. The number of rotatable bonds is 5. The van der Waals surface area contributed by atoms with Gasteiger partial charge in [0.25, 0.3) is 0 Å². The molecule has 1 saturated heterocycles. The Kier molecular flexibility index (Phi) is 5.22. The van der Waals surface area contributed by atoms with Gasteiger partial charge in [-0.2, -0.15) is 0 Å². The van der Waals surface area contributed by atoms with E-state index in [0.717, 1.165) is 19.4 Å². The highest BCUT2D eigenvalue weighted by Gasteiger charge is 2.15. The number of carbonyl (C=O) groups is 1. The topological polar surface area (TPSA) is 75.3 Å². The molecule has 2 aromatic rings. The summed E-state index contributed by atoms with van der Waals surface area (Å²) in [5.41, 5.74) is 1.32. The third-order valence-electron chi connectivity index (χ3n) is 3.69. The molecule has 1 fully saturated rings. The zero-order valence-corrected chi connectivity index (χ0v) is 13.1. The van der Waals surface area contributed by atoms with Crippen LogP contribution in [0, 0.1) is 5.82 Å². The summed E-state index contributed by atoms with van der Waals surface area (Å²) in [4.78, 5) is 15.8. The van der Waals surface area contributed by atoms with Crippen LogP contribution >= 0.6 is 0 Å². The van der Waals surface area contributed by atoms with Gasteiger partial charge in [0.05, 0.1) is 23.7 Å². The van der Waals surface area contributed by atoms with E-state index in [2.05, 4.69) is 20.9 Å². The highest BCUT2D eigenvalue weighted by Crippen LogP contribution is 2.20. The fourth-order valence-electron chi connectivity index (χ4n) is 2.50. The Labute approximate surface area is 139 Å². The number of hydrogen-bond donors (Lipinski definition) is 3. The summed E-state index contributed by atoms with van der Waals surface area (Å²) in [6, 6.07) is 7.49. The molecule has 2 amide bonds. The Hall–Kier alpha value is -2.67. The largest absolute Gasteiger partial charge is 0.380 e. The molecule has 0 aliphatic carbocycles. The maximum absolute atomic E-state index is 14.1. The van der Waals surface area contributed by atoms with E-state index in [1.807, 2.05) is 0 Å². The van der Waals surface area contributed by atoms with E-state index < -0.39 is 11.8 Å². The van der Waals surface area contributed by atoms with Crippen molar-refractivity contribution in [2.75, 3.05) is 29.1 Å². The summed E-state index contributed by atoms with van der Waals surface area (Å²) in [5, 5.41) is 8.24. The van der Waals surface area contributed by atoms with E-state index >= 15 is 0 Å². The van der Waals surface area contributed by atoms with Gasteiger partial charge in [-0.15, -0.1) is 0 Å². The van der Waals surface area contributed by atoms with E-state index in [1.165, 1.54) is 12.3 Å². The molecular formula is C17H19FN4O2. The Morgan fingerprint density at radius 3 is 2.88 bits per heavy atom. The van der Waals surface area contributed by atoms with Crippen LogP contribution in [0.5, 0.6) is 0 Å². The van der Waals surface area contributed by atoms with Crippen LogP contribution in [-0.4, -0.2) is 30.3 Å². The van der Waals surface area contributed by atoms with Crippen LogP contribution in [0.1, 0.15) is 12.8 Å². The zero-order valence-electron chi connectivity index (χ0n) is 13.1. The van der Waals surface area contributed by atoms with Crippen molar-refractivity contribution in [3.05, 3.63) is 48.5 Å². The number of nitrogens with zero attached hydrogens (tertiary/aromatic N) is 1. The van der Waals surface area contributed by atoms with Crippen molar-refractivity contribution in [1.29, 1.82) is 0 Å². The van der Waals surface area contributed by atoms with Crippen LogP contribution in [-0.2, 0) is 4.74 Å². The van der Waals surface area contributed by atoms with Crippen molar-refractivity contribution in [2.24, 2.45) is 0 Å². The van der Waals surface area contributed by atoms with Gasteiger partial charge in [0, 0.05) is 25.0 Å². The number of urea groups is 1. The fourth-order valence-corrected chi connectivity index (χ4v) is 2.50. The van der Waals surface area contributed by atoms with Crippen LogP contribution in [0.3, 0.4) is 0 Å². The Morgan fingerprint density at radius 2 is 2.17 bits per heavy atom. The molecule has 3 rings (SSSR count). The molecule has 3 N–H and O–H groups in total. The van der Waals surface area contributed by atoms with Gasteiger partial charge in [0.15, 0.2) is 0 Å². The lowest BCUT2D eigenvalue weighted by Crippen LogP contribution is -2.20. The Balaban J connectivity index is 1.54. The van der Waals surface area contributed by atoms with Crippen molar-refractivity contribution in [1.82, 2.24) is 4.98 Å². The zero-order chi connectivity index (χ0) is 16.8. The predicted octanol–water partition coefficient (Wildman–Crippen LogP) is 3.46. The smallest absolute Gasteiger partial charge is 0.323 e. The Bertz CT molecular complexity index is 690. The van der Waals surface area contributed by atoms with Gasteiger partial charge in [0.2, 0.25) is 0 Å². The molecule has 0 saturated carbocycles. The van der Waals surface area contributed by atoms with Crippen molar-refractivity contribution >= 4 is 23.1 Å². The van der Waals surface area contributed by atoms with Gasteiger partial charge in [-0.05, 0) is 43.2 Å². The van der Waals surface area contributed by atoms with Crippen LogP contribution in [0.25, 0.3) is 0 Å². The molecule has 1 aliphatic rings. The predicted molar refractivity (Wildman–Crippen MR) is 90.7 cm³/mol. The normalized spacial score (nSPS) is 16.6. The molecule has 1 unspecified atom stereocenters. The minimum Gasteiger partial charge on any atom is -0.380 e. The molecule has 7 heteroatoms. The average Bonchev–Trinajstić information content (AvgIpc) is 3.08. The second kappa shape index (κ2) is 7.74. The van der Waals surface area contributed by atoms with Crippen LogP contribution < -0.4 is 16.0 Å². The number of halogens is 1. The highest BCUT2D eigenvalue weighted by atomic mass is 19.1. The molecule has 1 aliphatic heterocycles. The van der Waals surface area contributed by atoms with Crippen LogP contribution in [0.2, 0.25) is 0 Å². The first-order chi connectivity index (χ1) is 11.7. The number of carbonyl (C=O) groups excluding carboxylic acids is 1. The molecule has 2 heterocycles. The maximum atomic E-state index is 14.1. The molecule has 6 nitrogen and oxygen atoms in total. The second-order valence-electron chi connectivity index (χ2n) is 5.53. The second-order valence-corrected chi connectivity index (χ2v) is 5.53. The number of benzene rings is 1. The van der Waals surface area contributed by atoms with Crippen LogP contribution in [0.4, 0.5) is 26.2 Å². The third kappa shape index (κ3) is 4.42. The summed E-state index contributed by atoms with van der Waals surface area (Å²) in [6.45, 7) is 1.34. The van der Waals surface area contributed by atoms with E-state index in [9.17, 15) is 9.18 Å². The standard InChI is InChI=1S/C17H19FN4O2/c18-15-9-12(21-17(23)22-13-3-1-7-19-10-13)5-6-16(15)20-11-14-4-2-8-24-14/h1,3,5-7,9-10,14,20H,2,4,8,11H2,(H2,21,22,23). The number of ether oxygens (including phenoxy) is 1. The number of nitrogens with one attached hydrogen (secondary N) is 3. The van der Waals surface area contributed by atoms with E-state index in [1.54, 1.807) is 30.5 Å². The van der Waals surface area contributed by atoms with Crippen molar-refractivity contribution in [2.45, 2.75) is 18.9 Å². The molecular weight excluding hydrogens is 311 g/mol. The molecule has 0 radical (unpaired) electrons. The number of pyridine rings is 1. The molecule has 1 aromatic heterocycles. The number of amides is 2. The van der Waals surface area contributed by atoms with Gasteiger partial charge in [0.1, 0.15) is 5.82 Å². The van der Waals surface area contributed by atoms with Gasteiger partial charge < -0.3 is 20.7 Å². The third-order valence-corrected chi connectivity index (χ3v) is 3.69. The molecule has 0 bridgehead atoms. The van der Waals surface area contributed by atoms with Gasteiger partial charge in [-0.1, -0.05) is 0 Å². The molecule has 1 aromatic carbocycles. The monoisotopic (exact) mass is 330 g/mol. The number of anilines is 3. The summed E-state index contributed by atoms with van der Waals surface area (Å²) >= 11 is 0. The first-order valence-electron chi connectivity index (χ1n) is 7.84. The summed E-state index contributed by atoms with van der Waals surface area (Å²) < 4.78 is 19.6. The van der Waals surface area contributed by atoms with Gasteiger partial charge >= 0.3 is 6.03 Å². The highest BCUT2D eigenvalue weighted by molar-refractivity contribution is 5.99. The lowest BCUT2D eigenvalue weighted by molar-refractivity contribution is 0.120. The quantitative estimate of drug-likeness (QED) is 0.785. The van der Waals surface area contributed by atoms with Crippen LogP contribution in [0.15, 0.2) is 42.7 Å². The number of hydrogen-bond acceptors (Lipinski definition) is 4. The molecule has 1 atom stereocenters.